The van der Waals surface area contributed by atoms with E-state index in [4.69, 9.17) is 23.4 Å². The number of ether oxygens (including phenoxy) is 4. The molecule has 3 rings (SSSR count). The van der Waals surface area contributed by atoms with Crippen molar-refractivity contribution in [1.82, 2.24) is 0 Å². The number of methoxy groups -OCH3 is 2. The molecule has 0 fully saturated rings. The van der Waals surface area contributed by atoms with E-state index in [1.807, 2.05) is 48.5 Å². The van der Waals surface area contributed by atoms with Gasteiger partial charge in [-0.2, -0.15) is 0 Å². The van der Waals surface area contributed by atoms with Crippen LogP contribution in [0.25, 0.3) is 0 Å². The predicted molar refractivity (Wildman–Crippen MR) is 172 cm³/mol. The van der Waals surface area contributed by atoms with E-state index >= 15 is 0 Å². The van der Waals surface area contributed by atoms with E-state index in [9.17, 15) is 4.79 Å². The molecule has 230 valence electrons. The highest BCUT2D eigenvalue weighted by atomic mass is 28.4. The highest BCUT2D eigenvalue weighted by molar-refractivity contribution is 6.74. The van der Waals surface area contributed by atoms with Crippen LogP contribution >= 0.6 is 0 Å². The Hall–Kier alpha value is -2.87. The van der Waals surface area contributed by atoms with Gasteiger partial charge in [0.15, 0.2) is 8.32 Å². The number of carbonyl (C=O) groups is 1. The van der Waals surface area contributed by atoms with Gasteiger partial charge in [0.25, 0.3) is 0 Å². The summed E-state index contributed by atoms with van der Waals surface area (Å²) in [5.74, 6) is 1.28. The molecule has 0 radical (unpaired) electrons. The number of cyclic esters (lactones) is 1. The van der Waals surface area contributed by atoms with Gasteiger partial charge < -0.3 is 23.4 Å². The molecule has 0 aliphatic carbocycles. The summed E-state index contributed by atoms with van der Waals surface area (Å²) in [7, 11) is 1.19. The topological polar surface area (TPSA) is 63.2 Å². The Morgan fingerprint density at radius 3 is 2.40 bits per heavy atom. The van der Waals surface area contributed by atoms with E-state index < -0.39 is 8.32 Å². The molecule has 7 heteroatoms. The van der Waals surface area contributed by atoms with E-state index in [0.29, 0.717) is 43.8 Å². The predicted octanol–water partition coefficient (Wildman–Crippen LogP) is 8.31. The minimum Gasteiger partial charge on any atom is -0.497 e. The van der Waals surface area contributed by atoms with Crippen molar-refractivity contribution in [3.63, 3.8) is 0 Å². The van der Waals surface area contributed by atoms with Crippen LogP contribution in [0.15, 0.2) is 66.8 Å². The summed E-state index contributed by atoms with van der Waals surface area (Å²) >= 11 is 0. The van der Waals surface area contributed by atoms with Crippen molar-refractivity contribution in [2.75, 3.05) is 20.8 Å². The third-order valence-electron chi connectivity index (χ3n) is 8.41. The number of hydrogen-bond donors (Lipinski definition) is 0. The Morgan fingerprint density at radius 1 is 1.00 bits per heavy atom. The van der Waals surface area contributed by atoms with Crippen LogP contribution in [0.5, 0.6) is 11.5 Å². The third kappa shape index (κ3) is 9.58. The maximum atomic E-state index is 13.7. The molecule has 0 bridgehead atoms. The number of hydrogen-bond acceptors (Lipinski definition) is 6. The zero-order chi connectivity index (χ0) is 30.8. The molecule has 2 aromatic rings. The van der Waals surface area contributed by atoms with Gasteiger partial charge in [-0.3, -0.25) is 0 Å². The number of rotatable bonds is 10. The summed E-state index contributed by atoms with van der Waals surface area (Å²) in [6.45, 7) is 14.6. The number of carbonyl (C=O) groups excluding carboxylic acids is 1. The Balaban J connectivity index is 1.79. The van der Waals surface area contributed by atoms with Crippen LogP contribution in [0.4, 0.5) is 0 Å². The number of esters is 1. The van der Waals surface area contributed by atoms with Gasteiger partial charge in [0.2, 0.25) is 0 Å². The maximum absolute atomic E-state index is 13.7. The lowest BCUT2D eigenvalue weighted by Gasteiger charge is -2.41. The van der Waals surface area contributed by atoms with Crippen LogP contribution < -0.4 is 9.47 Å². The van der Waals surface area contributed by atoms with Gasteiger partial charge in [-0.15, -0.1) is 0 Å². The van der Waals surface area contributed by atoms with Crippen LogP contribution in [-0.4, -0.2) is 47.3 Å². The quantitative estimate of drug-likeness (QED) is 0.119. The second kappa shape index (κ2) is 15.6. The largest absolute Gasteiger partial charge is 0.497 e. The van der Waals surface area contributed by atoms with Crippen LogP contribution in [0.2, 0.25) is 18.1 Å². The van der Waals surface area contributed by atoms with E-state index in [1.54, 1.807) is 14.2 Å². The standard InChI is InChI=1S/C35H50O6Si/c1-26-14-9-10-15-28-16-13-18-31(38-6)33(28)34(36)40-30(24-32(26)41-42(7,8)35(2,3)4)17-11-12-23-39-25-27-19-21-29(37-5)22-20-27/h9-13,16,18-22,26,30,32H,14-15,17,23-25H2,1-8H3/b10-9+,12-11+/t26-,30-,32+/m1/s1. The molecule has 0 unspecified atom stereocenters. The summed E-state index contributed by atoms with van der Waals surface area (Å²) < 4.78 is 29.9. The SMILES string of the molecule is COc1ccc(COC/C=C/C[C@@H]2C[C@H](O[Si](C)(C)C(C)(C)C)[C@H](C)C/C=C/Cc3cccc(OC)c3C(=O)O2)cc1. The maximum Gasteiger partial charge on any atom is 0.342 e. The third-order valence-corrected chi connectivity index (χ3v) is 12.9. The lowest BCUT2D eigenvalue weighted by molar-refractivity contribution is 0.00931. The van der Waals surface area contributed by atoms with Crippen LogP contribution in [0, 0.1) is 5.92 Å². The minimum atomic E-state index is -2.06. The van der Waals surface area contributed by atoms with Crippen molar-refractivity contribution in [3.8, 4) is 11.5 Å². The zero-order valence-corrected chi connectivity index (χ0v) is 27.8. The number of fused-ring (bicyclic) bond motifs is 1. The molecule has 0 spiro atoms. The van der Waals surface area contributed by atoms with Gasteiger partial charge in [-0.05, 0) is 66.2 Å². The second-order valence-corrected chi connectivity index (χ2v) is 17.4. The fourth-order valence-corrected chi connectivity index (χ4v) is 6.16. The van der Waals surface area contributed by atoms with Crippen molar-refractivity contribution in [2.45, 2.75) is 90.3 Å². The number of benzene rings is 2. The monoisotopic (exact) mass is 594 g/mol. The molecular formula is C35H50O6Si. The van der Waals surface area contributed by atoms with Crippen molar-refractivity contribution in [2.24, 2.45) is 5.92 Å². The lowest BCUT2D eigenvalue weighted by Crippen LogP contribution is -2.46. The van der Waals surface area contributed by atoms with Gasteiger partial charge in [-0.25, -0.2) is 4.79 Å². The van der Waals surface area contributed by atoms with Gasteiger partial charge in [0.1, 0.15) is 23.2 Å². The summed E-state index contributed by atoms with van der Waals surface area (Å²) in [5.41, 5.74) is 2.48. The molecule has 6 nitrogen and oxygen atoms in total. The first-order chi connectivity index (χ1) is 19.9. The Morgan fingerprint density at radius 2 is 1.74 bits per heavy atom. The molecule has 0 saturated heterocycles. The van der Waals surface area contributed by atoms with Crippen LogP contribution in [-0.2, 0) is 26.9 Å². The molecule has 0 amide bonds. The second-order valence-electron chi connectivity index (χ2n) is 12.6. The number of allylic oxidation sites excluding steroid dienone is 2. The van der Waals surface area contributed by atoms with Crippen LogP contribution in [0.1, 0.15) is 68.4 Å². The first kappa shape index (κ1) is 33.6. The Bertz CT molecular complexity index is 1190. The average Bonchev–Trinajstić information content (AvgIpc) is 2.95. The smallest absolute Gasteiger partial charge is 0.342 e. The van der Waals surface area contributed by atoms with E-state index in [2.05, 4.69) is 59.0 Å². The fraction of sp³-hybridized carbons (Fsp3) is 0.514. The summed E-state index contributed by atoms with van der Waals surface area (Å²) in [5, 5.41) is 0.0753. The lowest BCUT2D eigenvalue weighted by atomic mass is 9.93. The van der Waals surface area contributed by atoms with E-state index in [1.165, 1.54) is 0 Å². The summed E-state index contributed by atoms with van der Waals surface area (Å²) in [6.07, 6.45) is 10.7. The summed E-state index contributed by atoms with van der Waals surface area (Å²) in [6, 6.07) is 13.6. The molecular weight excluding hydrogens is 544 g/mol. The van der Waals surface area contributed by atoms with Crippen molar-refractivity contribution in [3.05, 3.63) is 83.5 Å². The highest BCUT2D eigenvalue weighted by Crippen LogP contribution is 2.39. The molecule has 0 saturated carbocycles. The molecule has 1 heterocycles. The first-order valence-electron chi connectivity index (χ1n) is 15.0. The normalized spacial score (nSPS) is 21.1. The molecule has 1 aliphatic rings. The summed E-state index contributed by atoms with van der Waals surface area (Å²) in [4.78, 5) is 13.7. The minimum absolute atomic E-state index is 0.0374. The van der Waals surface area contributed by atoms with Gasteiger partial charge in [0.05, 0.1) is 33.5 Å². The van der Waals surface area contributed by atoms with Crippen molar-refractivity contribution < 1.29 is 28.2 Å². The van der Waals surface area contributed by atoms with Gasteiger partial charge >= 0.3 is 5.97 Å². The van der Waals surface area contributed by atoms with E-state index in [-0.39, 0.29) is 29.1 Å². The fourth-order valence-electron chi connectivity index (χ4n) is 4.72. The van der Waals surface area contributed by atoms with Crippen molar-refractivity contribution in [1.29, 1.82) is 0 Å². The Labute approximate surface area is 254 Å². The average molecular weight is 595 g/mol. The molecule has 0 N–H and O–H groups in total. The molecule has 42 heavy (non-hydrogen) atoms. The van der Waals surface area contributed by atoms with Gasteiger partial charge in [0, 0.05) is 12.8 Å². The van der Waals surface area contributed by atoms with Gasteiger partial charge in [-0.1, -0.05) is 76.3 Å². The van der Waals surface area contributed by atoms with E-state index in [0.717, 1.165) is 23.3 Å². The van der Waals surface area contributed by atoms with Crippen molar-refractivity contribution >= 4 is 14.3 Å². The Kier molecular flexibility index (Phi) is 12.5. The highest BCUT2D eigenvalue weighted by Gasteiger charge is 2.41. The zero-order valence-electron chi connectivity index (χ0n) is 26.8. The molecule has 1 aliphatic heterocycles. The molecule has 3 atom stereocenters. The molecule has 2 aromatic carbocycles. The van der Waals surface area contributed by atoms with Crippen LogP contribution in [0.3, 0.4) is 0 Å². The first-order valence-corrected chi connectivity index (χ1v) is 17.9. The molecule has 0 aromatic heterocycles.